The lowest BCUT2D eigenvalue weighted by Gasteiger charge is -2.19. The molecular formula is C25H35NO4. The first-order valence-electron chi connectivity index (χ1n) is 10.2. The second-order valence-electron chi connectivity index (χ2n) is 7.40. The van der Waals surface area contributed by atoms with Crippen LogP contribution in [0.2, 0.25) is 0 Å². The van der Waals surface area contributed by atoms with E-state index < -0.39 is 11.5 Å². The maximum atomic E-state index is 11.1. The van der Waals surface area contributed by atoms with Crippen molar-refractivity contribution in [3.63, 3.8) is 0 Å². The maximum Gasteiger partial charge on any atom is 0.323 e. The van der Waals surface area contributed by atoms with Gasteiger partial charge < -0.3 is 20.3 Å². The summed E-state index contributed by atoms with van der Waals surface area (Å²) in [5.41, 5.74) is 8.94. The van der Waals surface area contributed by atoms with E-state index in [2.05, 4.69) is 19.9 Å². The Morgan fingerprint density at radius 2 is 1.77 bits per heavy atom. The topological polar surface area (TPSA) is 81.8 Å². The summed E-state index contributed by atoms with van der Waals surface area (Å²) in [4.78, 5) is 11.1. The Labute approximate surface area is 180 Å². The molecule has 0 heterocycles. The third-order valence-corrected chi connectivity index (χ3v) is 4.83. The summed E-state index contributed by atoms with van der Waals surface area (Å²) in [7, 11) is 3.34. The highest BCUT2D eigenvalue weighted by molar-refractivity contribution is 5.78. The predicted octanol–water partition coefficient (Wildman–Crippen LogP) is 5.22. The van der Waals surface area contributed by atoms with Gasteiger partial charge in [0, 0.05) is 6.42 Å². The first kappa shape index (κ1) is 25.2. The van der Waals surface area contributed by atoms with E-state index in [1.54, 1.807) is 14.2 Å². The van der Waals surface area contributed by atoms with Crippen LogP contribution in [0.3, 0.4) is 0 Å². The Balaban J connectivity index is 0.000000553. The molecule has 164 valence electrons. The zero-order valence-electron chi connectivity index (χ0n) is 19.0. The number of benzene rings is 2. The number of aliphatic carboxylic acids is 1. The van der Waals surface area contributed by atoms with Gasteiger partial charge in [-0.3, -0.25) is 4.79 Å². The number of carboxylic acids is 1. The molecule has 1 atom stereocenters. The van der Waals surface area contributed by atoms with Crippen LogP contribution in [0.15, 0.2) is 54.3 Å². The van der Waals surface area contributed by atoms with Crippen LogP contribution >= 0.6 is 0 Å². The van der Waals surface area contributed by atoms with Crippen LogP contribution in [0.5, 0.6) is 5.75 Å². The number of allylic oxidation sites excluding steroid dienone is 2. The summed E-state index contributed by atoms with van der Waals surface area (Å²) in [5, 5.41) is 9.12. The van der Waals surface area contributed by atoms with Gasteiger partial charge in [0.1, 0.15) is 11.3 Å². The lowest BCUT2D eigenvalue weighted by molar-refractivity contribution is -0.142. The Hall–Kier alpha value is -2.79. The molecule has 3 N–H and O–H groups in total. The second kappa shape index (κ2) is 12.0. The molecule has 0 aliphatic heterocycles. The fraction of sp³-hybridized carbons (Fsp3) is 0.400. The van der Waals surface area contributed by atoms with Gasteiger partial charge in [-0.05, 0) is 67.2 Å². The average molecular weight is 414 g/mol. The number of hydrogen-bond acceptors (Lipinski definition) is 4. The number of carboxylic acid groups (broad SMARTS) is 1. The van der Waals surface area contributed by atoms with Gasteiger partial charge >= 0.3 is 5.97 Å². The van der Waals surface area contributed by atoms with Gasteiger partial charge in [-0.2, -0.15) is 0 Å². The van der Waals surface area contributed by atoms with E-state index in [1.807, 2.05) is 49.4 Å². The smallest absolute Gasteiger partial charge is 0.323 e. The highest BCUT2D eigenvalue weighted by Crippen LogP contribution is 2.28. The Bertz CT molecular complexity index is 839. The molecule has 0 aliphatic rings. The van der Waals surface area contributed by atoms with E-state index in [9.17, 15) is 4.79 Å². The summed E-state index contributed by atoms with van der Waals surface area (Å²) in [6.07, 6.45) is 4.31. The highest BCUT2D eigenvalue weighted by Gasteiger charge is 2.27. The van der Waals surface area contributed by atoms with Crippen LogP contribution in [0, 0.1) is 0 Å². The zero-order chi connectivity index (χ0) is 22.7. The molecule has 0 fully saturated rings. The van der Waals surface area contributed by atoms with Gasteiger partial charge in [-0.15, -0.1) is 0 Å². The first-order valence-corrected chi connectivity index (χ1v) is 10.2. The van der Waals surface area contributed by atoms with E-state index in [4.69, 9.17) is 20.3 Å². The third kappa shape index (κ3) is 7.56. The second-order valence-corrected chi connectivity index (χ2v) is 7.40. The van der Waals surface area contributed by atoms with E-state index >= 15 is 0 Å². The molecule has 0 saturated heterocycles. The minimum absolute atomic E-state index is 0.297. The number of aryl methyl sites for hydroxylation is 1. The molecule has 1 unspecified atom stereocenters. The van der Waals surface area contributed by atoms with Crippen molar-refractivity contribution in [2.24, 2.45) is 5.73 Å². The van der Waals surface area contributed by atoms with Crippen LogP contribution in [0.4, 0.5) is 0 Å². The van der Waals surface area contributed by atoms with E-state index in [0.717, 1.165) is 41.0 Å². The number of carbonyl (C=O) groups is 1. The molecule has 30 heavy (non-hydrogen) atoms. The number of ether oxygens (including phenoxy) is 2. The number of rotatable bonds is 8. The molecular weight excluding hydrogens is 378 g/mol. The van der Waals surface area contributed by atoms with Crippen molar-refractivity contribution in [2.45, 2.75) is 52.5 Å². The molecule has 5 heteroatoms. The normalized spacial score (nSPS) is 13.0. The maximum absolute atomic E-state index is 11.1. The molecule has 0 amide bonds. The van der Waals surface area contributed by atoms with Crippen molar-refractivity contribution in [1.29, 1.82) is 0 Å². The predicted molar refractivity (Wildman–Crippen MR) is 123 cm³/mol. The molecule has 2 aromatic rings. The van der Waals surface area contributed by atoms with Crippen molar-refractivity contribution >= 4 is 5.97 Å². The molecule has 0 saturated carbocycles. The number of nitrogens with two attached hydrogens (primary N) is 1. The van der Waals surface area contributed by atoms with Gasteiger partial charge in [0.15, 0.2) is 0 Å². The lowest BCUT2D eigenvalue weighted by Crippen LogP contribution is -2.46. The molecule has 0 aromatic heterocycles. The summed E-state index contributed by atoms with van der Waals surface area (Å²) in [6.45, 7) is 7.67. The van der Waals surface area contributed by atoms with Gasteiger partial charge in [-0.25, -0.2) is 0 Å². The van der Waals surface area contributed by atoms with Gasteiger partial charge in [0.05, 0.1) is 20.0 Å². The average Bonchev–Trinajstić information content (AvgIpc) is 2.74. The quantitative estimate of drug-likeness (QED) is 0.580. The number of hydrogen-bond donors (Lipinski definition) is 2. The van der Waals surface area contributed by atoms with E-state index in [0.29, 0.717) is 6.42 Å². The highest BCUT2D eigenvalue weighted by atomic mass is 16.5. The summed E-state index contributed by atoms with van der Waals surface area (Å²) in [6, 6.07) is 13.9. The Kier molecular flexibility index (Phi) is 10.1. The van der Waals surface area contributed by atoms with Gasteiger partial charge in [-0.1, -0.05) is 44.2 Å². The summed E-state index contributed by atoms with van der Waals surface area (Å²) in [5.74, 6) is 0.857. The monoisotopic (exact) mass is 413 g/mol. The van der Waals surface area contributed by atoms with Crippen molar-refractivity contribution in [2.75, 3.05) is 14.2 Å². The largest absolute Gasteiger partial charge is 0.502 e. The van der Waals surface area contributed by atoms with Crippen molar-refractivity contribution in [3.8, 4) is 16.9 Å². The minimum Gasteiger partial charge on any atom is -0.502 e. The minimum atomic E-state index is -1.25. The van der Waals surface area contributed by atoms with Gasteiger partial charge in [0.25, 0.3) is 0 Å². The van der Waals surface area contributed by atoms with Crippen LogP contribution in [-0.4, -0.2) is 30.8 Å². The van der Waals surface area contributed by atoms with Crippen LogP contribution < -0.4 is 10.5 Å². The molecule has 0 aliphatic carbocycles. The molecule has 0 bridgehead atoms. The van der Waals surface area contributed by atoms with Crippen molar-refractivity contribution < 1.29 is 19.4 Å². The first-order chi connectivity index (χ1) is 14.2. The third-order valence-electron chi connectivity index (χ3n) is 4.83. The summed E-state index contributed by atoms with van der Waals surface area (Å²) >= 11 is 0. The lowest BCUT2D eigenvalue weighted by atomic mass is 9.92. The molecule has 2 aromatic carbocycles. The molecule has 2 rings (SSSR count). The van der Waals surface area contributed by atoms with E-state index in [1.165, 1.54) is 12.5 Å². The van der Waals surface area contributed by atoms with Crippen LogP contribution in [-0.2, 0) is 22.4 Å². The summed E-state index contributed by atoms with van der Waals surface area (Å²) < 4.78 is 10.1. The van der Waals surface area contributed by atoms with Crippen molar-refractivity contribution in [3.05, 3.63) is 65.4 Å². The fourth-order valence-electron chi connectivity index (χ4n) is 2.94. The SMILES string of the molecule is CC/C=C(\C)OC.CCc1cc(OC)ccc1-c1ccc(CC(C)(N)C(=O)O)cc1. The standard InChI is InChI=1S/C19H23NO3.C6H12O/c1-4-14-11-16(23-3)9-10-17(14)15-7-5-13(6-8-15)12-19(2,20)18(21)22;1-4-5-6(2)7-3/h5-11H,4,12,20H2,1-3H3,(H,21,22);5H,4H2,1-3H3/b;6-5+. The number of methoxy groups -OCH3 is 2. The fourth-order valence-corrected chi connectivity index (χ4v) is 2.94. The van der Waals surface area contributed by atoms with Gasteiger partial charge in [0.2, 0.25) is 0 Å². The van der Waals surface area contributed by atoms with E-state index in [-0.39, 0.29) is 0 Å². The van der Waals surface area contributed by atoms with Crippen LogP contribution in [0.1, 0.15) is 45.2 Å². The van der Waals surface area contributed by atoms with Crippen LogP contribution in [0.25, 0.3) is 11.1 Å². The molecule has 0 spiro atoms. The van der Waals surface area contributed by atoms with Crippen molar-refractivity contribution in [1.82, 2.24) is 0 Å². The molecule has 5 nitrogen and oxygen atoms in total. The zero-order valence-corrected chi connectivity index (χ0v) is 19.0. The Morgan fingerprint density at radius 3 is 2.20 bits per heavy atom. The molecule has 0 radical (unpaired) electrons. The Morgan fingerprint density at radius 1 is 1.13 bits per heavy atom.